The third-order valence-electron chi connectivity index (χ3n) is 3.48. The molecule has 0 aliphatic rings. The van der Waals surface area contributed by atoms with Crippen molar-refractivity contribution >= 4 is 23.5 Å². The second-order valence-corrected chi connectivity index (χ2v) is 5.49. The Labute approximate surface area is 136 Å². The largest absolute Gasteiger partial charge is 0.463 e. The Morgan fingerprint density at radius 1 is 1.30 bits per heavy atom. The van der Waals surface area contributed by atoms with Gasteiger partial charge in [0.2, 0.25) is 0 Å². The summed E-state index contributed by atoms with van der Waals surface area (Å²) in [5.74, 6) is -0.441. The first-order chi connectivity index (χ1) is 11.0. The number of pyridine rings is 1. The smallest absolute Gasteiger partial charge is 0.330 e. The maximum absolute atomic E-state index is 12.3. The van der Waals surface area contributed by atoms with Crippen LogP contribution < -0.4 is 0 Å². The molecule has 0 bridgehead atoms. The maximum Gasteiger partial charge on any atom is 0.330 e. The minimum atomic E-state index is -0.371. The highest BCUT2D eigenvalue weighted by Crippen LogP contribution is 2.19. The van der Waals surface area contributed by atoms with Crippen molar-refractivity contribution in [2.75, 3.05) is 20.7 Å². The van der Waals surface area contributed by atoms with Gasteiger partial charge in [-0.25, -0.2) is 4.79 Å². The molecule has 0 unspecified atom stereocenters. The molecule has 0 spiro atoms. The number of fused-ring (bicyclic) bond motifs is 1. The van der Waals surface area contributed by atoms with E-state index in [1.54, 1.807) is 26.2 Å². The molecule has 2 aromatic rings. The molecule has 0 atom stereocenters. The van der Waals surface area contributed by atoms with E-state index in [0.29, 0.717) is 12.2 Å². The van der Waals surface area contributed by atoms with Crippen LogP contribution in [0.3, 0.4) is 0 Å². The van der Waals surface area contributed by atoms with Crippen LogP contribution in [-0.4, -0.2) is 41.9 Å². The number of unbranched alkanes of at least 4 members (excludes halogenated alkanes) is 1. The number of esters is 1. The van der Waals surface area contributed by atoms with E-state index in [4.69, 9.17) is 4.74 Å². The van der Waals surface area contributed by atoms with Gasteiger partial charge in [-0.2, -0.15) is 0 Å². The van der Waals surface area contributed by atoms with Crippen LogP contribution >= 0.6 is 0 Å². The molecule has 2 heterocycles. The summed E-state index contributed by atoms with van der Waals surface area (Å²) >= 11 is 0. The van der Waals surface area contributed by atoms with Crippen LogP contribution in [0.1, 0.15) is 35.8 Å². The molecule has 0 radical (unpaired) electrons. The van der Waals surface area contributed by atoms with Crippen molar-refractivity contribution < 1.29 is 14.3 Å². The fourth-order valence-corrected chi connectivity index (χ4v) is 2.24. The lowest BCUT2D eigenvalue weighted by Crippen LogP contribution is -2.21. The molecular formula is C18H22N2O3. The lowest BCUT2D eigenvalue weighted by atomic mass is 10.2. The average Bonchev–Trinajstić information content (AvgIpc) is 2.91. The minimum Gasteiger partial charge on any atom is -0.463 e. The maximum atomic E-state index is 12.3. The van der Waals surface area contributed by atoms with Crippen molar-refractivity contribution in [2.24, 2.45) is 0 Å². The third kappa shape index (κ3) is 4.00. The zero-order chi connectivity index (χ0) is 16.8. The highest BCUT2D eigenvalue weighted by Gasteiger charge is 2.15. The van der Waals surface area contributed by atoms with Crippen LogP contribution in [0.5, 0.6) is 0 Å². The van der Waals surface area contributed by atoms with E-state index in [0.717, 1.165) is 24.1 Å². The minimum absolute atomic E-state index is 0.0705. The molecule has 0 aliphatic carbocycles. The Balaban J connectivity index is 2.27. The number of amides is 1. The van der Waals surface area contributed by atoms with Gasteiger partial charge in [0.25, 0.3) is 5.91 Å². The molecule has 1 amide bonds. The first-order valence-electron chi connectivity index (χ1n) is 7.71. The monoisotopic (exact) mass is 314 g/mol. The van der Waals surface area contributed by atoms with Crippen LogP contribution in [0.4, 0.5) is 0 Å². The number of hydrogen-bond acceptors (Lipinski definition) is 3. The molecule has 0 saturated carbocycles. The van der Waals surface area contributed by atoms with Crippen LogP contribution in [0, 0.1) is 0 Å². The molecule has 0 aliphatic heterocycles. The molecule has 0 N–H and O–H groups in total. The van der Waals surface area contributed by atoms with E-state index in [1.165, 1.54) is 11.0 Å². The number of rotatable bonds is 6. The first-order valence-corrected chi connectivity index (χ1v) is 7.71. The van der Waals surface area contributed by atoms with Crippen LogP contribution in [0.25, 0.3) is 11.6 Å². The normalized spacial score (nSPS) is 11.1. The highest BCUT2D eigenvalue weighted by molar-refractivity contribution is 6.02. The second-order valence-electron chi connectivity index (χ2n) is 5.49. The zero-order valence-electron chi connectivity index (χ0n) is 13.8. The molecule has 0 fully saturated rings. The van der Waals surface area contributed by atoms with Crippen LogP contribution in [0.2, 0.25) is 0 Å². The van der Waals surface area contributed by atoms with Crippen molar-refractivity contribution in [3.63, 3.8) is 0 Å². The van der Waals surface area contributed by atoms with Gasteiger partial charge in [0.15, 0.2) is 0 Å². The Morgan fingerprint density at radius 2 is 2.09 bits per heavy atom. The number of ether oxygens (including phenoxy) is 1. The molecule has 2 rings (SSSR count). The summed E-state index contributed by atoms with van der Waals surface area (Å²) in [6.45, 7) is 2.47. The fraction of sp³-hybridized carbons (Fsp3) is 0.333. The molecule has 5 nitrogen and oxygen atoms in total. The fourth-order valence-electron chi connectivity index (χ4n) is 2.24. The van der Waals surface area contributed by atoms with E-state index in [1.807, 2.05) is 35.7 Å². The van der Waals surface area contributed by atoms with E-state index in [-0.39, 0.29) is 11.9 Å². The van der Waals surface area contributed by atoms with Crippen molar-refractivity contribution in [1.29, 1.82) is 0 Å². The number of aromatic nitrogens is 1. The Hall–Kier alpha value is -2.56. The summed E-state index contributed by atoms with van der Waals surface area (Å²) in [6.07, 6.45) is 6.78. The summed E-state index contributed by atoms with van der Waals surface area (Å²) in [5, 5.41) is 0. The quantitative estimate of drug-likeness (QED) is 0.468. The predicted molar refractivity (Wildman–Crippen MR) is 90.3 cm³/mol. The van der Waals surface area contributed by atoms with Gasteiger partial charge in [-0.15, -0.1) is 0 Å². The Bertz CT molecular complexity index is 729. The van der Waals surface area contributed by atoms with Gasteiger partial charge in [-0.1, -0.05) is 19.4 Å². The van der Waals surface area contributed by atoms with E-state index in [2.05, 4.69) is 0 Å². The van der Waals surface area contributed by atoms with Gasteiger partial charge in [-0.05, 0) is 30.7 Å². The van der Waals surface area contributed by atoms with Gasteiger partial charge in [0.1, 0.15) is 0 Å². The van der Waals surface area contributed by atoms with Gasteiger partial charge >= 0.3 is 5.97 Å². The summed E-state index contributed by atoms with van der Waals surface area (Å²) < 4.78 is 6.98. The van der Waals surface area contributed by atoms with E-state index in [9.17, 15) is 9.59 Å². The molecule has 5 heteroatoms. The molecule has 0 aromatic carbocycles. The lowest BCUT2D eigenvalue weighted by molar-refractivity contribution is -0.137. The van der Waals surface area contributed by atoms with E-state index < -0.39 is 0 Å². The number of hydrogen-bond donors (Lipinski definition) is 0. The average molecular weight is 314 g/mol. The lowest BCUT2D eigenvalue weighted by Gasteiger charge is -2.08. The molecule has 122 valence electrons. The molecular weight excluding hydrogens is 292 g/mol. The topological polar surface area (TPSA) is 51.0 Å². The summed E-state index contributed by atoms with van der Waals surface area (Å²) in [4.78, 5) is 25.5. The second kappa shape index (κ2) is 7.63. The van der Waals surface area contributed by atoms with Crippen molar-refractivity contribution in [2.45, 2.75) is 19.8 Å². The number of carbonyl (C=O) groups excluding carboxylic acids is 2. The number of carbonyl (C=O) groups is 2. The van der Waals surface area contributed by atoms with E-state index >= 15 is 0 Å². The summed E-state index contributed by atoms with van der Waals surface area (Å²) in [6, 6.07) is 7.43. The Kier molecular flexibility index (Phi) is 5.57. The molecule has 23 heavy (non-hydrogen) atoms. The van der Waals surface area contributed by atoms with Crippen molar-refractivity contribution in [3.05, 3.63) is 47.8 Å². The highest BCUT2D eigenvalue weighted by atomic mass is 16.5. The summed E-state index contributed by atoms with van der Waals surface area (Å²) in [5.41, 5.74) is 2.18. The Morgan fingerprint density at radius 3 is 2.78 bits per heavy atom. The SMILES string of the molecule is CCCCOC(=O)/C=C/c1cc(C(=O)N(C)C)c2ccccn12. The number of nitrogens with zero attached hydrogens (tertiary/aromatic N) is 2. The van der Waals surface area contributed by atoms with Crippen LogP contribution in [0.15, 0.2) is 36.5 Å². The van der Waals surface area contributed by atoms with Crippen molar-refractivity contribution in [3.8, 4) is 0 Å². The standard InChI is InChI=1S/C18H22N2O3/c1-4-5-12-23-17(21)10-9-14-13-15(18(22)19(2)3)16-8-6-7-11-20(14)16/h6-11,13H,4-5,12H2,1-3H3/b10-9+. The molecule has 2 aromatic heterocycles. The third-order valence-corrected chi connectivity index (χ3v) is 3.48. The first kappa shape index (κ1) is 16.8. The summed E-state index contributed by atoms with van der Waals surface area (Å²) in [7, 11) is 3.44. The van der Waals surface area contributed by atoms with Gasteiger partial charge in [0, 0.05) is 32.1 Å². The predicted octanol–water partition coefficient (Wildman–Crippen LogP) is 3.00. The van der Waals surface area contributed by atoms with Gasteiger partial charge < -0.3 is 14.0 Å². The molecule has 0 saturated heterocycles. The van der Waals surface area contributed by atoms with Gasteiger partial charge in [0.05, 0.1) is 17.7 Å². The zero-order valence-corrected chi connectivity index (χ0v) is 13.8. The van der Waals surface area contributed by atoms with Crippen LogP contribution in [-0.2, 0) is 9.53 Å². The van der Waals surface area contributed by atoms with Gasteiger partial charge in [-0.3, -0.25) is 4.79 Å². The van der Waals surface area contributed by atoms with Crippen molar-refractivity contribution in [1.82, 2.24) is 9.30 Å².